The summed E-state index contributed by atoms with van der Waals surface area (Å²) in [6.07, 6.45) is 7.68. The van der Waals surface area contributed by atoms with Crippen LogP contribution in [0.4, 0.5) is 10.3 Å². The van der Waals surface area contributed by atoms with Crippen molar-refractivity contribution in [3.63, 3.8) is 0 Å². The third kappa shape index (κ3) is 4.61. The average Bonchev–Trinajstić information content (AvgIpc) is 3.13. The Bertz CT molecular complexity index is 679. The zero-order valence-corrected chi connectivity index (χ0v) is 14.0. The summed E-state index contributed by atoms with van der Waals surface area (Å²) in [5.74, 6) is 0.523. The van der Waals surface area contributed by atoms with E-state index in [4.69, 9.17) is 0 Å². The van der Waals surface area contributed by atoms with Crippen LogP contribution in [0, 0.1) is 11.7 Å². The highest BCUT2D eigenvalue weighted by Gasteiger charge is 2.21. The zero-order chi connectivity index (χ0) is 16.8. The van der Waals surface area contributed by atoms with E-state index in [0.717, 1.165) is 31.5 Å². The van der Waals surface area contributed by atoms with Crippen LogP contribution in [-0.2, 0) is 4.79 Å². The van der Waals surface area contributed by atoms with Crippen molar-refractivity contribution in [2.75, 3.05) is 24.5 Å². The second-order valence-corrected chi connectivity index (χ2v) is 6.55. The third-order valence-corrected chi connectivity index (χ3v) is 4.74. The summed E-state index contributed by atoms with van der Waals surface area (Å²) in [5, 5.41) is 6.93. The predicted molar refractivity (Wildman–Crippen MR) is 93.3 cm³/mol. The highest BCUT2D eigenvalue weighted by atomic mass is 32.1. The van der Waals surface area contributed by atoms with Crippen molar-refractivity contribution in [3.05, 3.63) is 46.7 Å². The maximum atomic E-state index is 12.9. The Morgan fingerprint density at radius 1 is 1.38 bits per heavy atom. The summed E-state index contributed by atoms with van der Waals surface area (Å²) >= 11 is 1.61. The van der Waals surface area contributed by atoms with Crippen molar-refractivity contribution in [1.82, 2.24) is 15.3 Å². The number of anilines is 1. The molecule has 2 aromatic rings. The molecule has 1 saturated heterocycles. The lowest BCUT2D eigenvalue weighted by Gasteiger charge is -2.31. The minimum Gasteiger partial charge on any atom is -0.352 e. The van der Waals surface area contributed by atoms with Crippen LogP contribution in [-0.4, -0.2) is 35.5 Å². The molecule has 126 valence electrons. The van der Waals surface area contributed by atoms with E-state index >= 15 is 0 Å². The molecule has 0 atom stereocenters. The predicted octanol–water partition coefficient (Wildman–Crippen LogP) is 2.72. The molecule has 2 aromatic heterocycles. The van der Waals surface area contributed by atoms with Crippen LogP contribution in [0.2, 0.25) is 0 Å². The number of hydrogen-bond acceptors (Lipinski definition) is 5. The van der Waals surface area contributed by atoms with Gasteiger partial charge in [0, 0.05) is 25.7 Å². The molecule has 0 radical (unpaired) electrons. The number of carbonyl (C=O) groups excluding carboxylic acids is 1. The number of thiophene rings is 1. The summed E-state index contributed by atoms with van der Waals surface area (Å²) < 4.78 is 12.9. The van der Waals surface area contributed by atoms with E-state index in [1.165, 1.54) is 12.4 Å². The van der Waals surface area contributed by atoms with E-state index in [0.29, 0.717) is 18.4 Å². The molecule has 3 rings (SSSR count). The maximum absolute atomic E-state index is 12.9. The Hall–Kier alpha value is -2.28. The van der Waals surface area contributed by atoms with E-state index in [1.807, 2.05) is 27.8 Å². The van der Waals surface area contributed by atoms with Gasteiger partial charge in [-0.05, 0) is 47.2 Å². The van der Waals surface area contributed by atoms with Crippen LogP contribution in [0.15, 0.2) is 35.3 Å². The third-order valence-electron chi connectivity index (χ3n) is 4.04. The number of hydrogen-bond donors (Lipinski definition) is 1. The molecule has 0 aromatic carbocycles. The Morgan fingerprint density at radius 3 is 2.79 bits per heavy atom. The number of nitrogens with zero attached hydrogens (tertiary/aromatic N) is 3. The summed E-state index contributed by atoms with van der Waals surface area (Å²) in [4.78, 5) is 21.9. The smallest absolute Gasteiger partial charge is 0.244 e. The molecule has 24 heavy (non-hydrogen) atoms. The van der Waals surface area contributed by atoms with Gasteiger partial charge in [0.1, 0.15) is 0 Å². The van der Waals surface area contributed by atoms with Gasteiger partial charge in [-0.1, -0.05) is 0 Å². The minimum atomic E-state index is -0.424. The van der Waals surface area contributed by atoms with Gasteiger partial charge in [-0.2, -0.15) is 11.3 Å². The van der Waals surface area contributed by atoms with Gasteiger partial charge in [0.15, 0.2) is 5.82 Å². The van der Waals surface area contributed by atoms with E-state index < -0.39 is 5.82 Å². The van der Waals surface area contributed by atoms with Gasteiger partial charge in [-0.3, -0.25) is 4.79 Å². The first-order valence-electron chi connectivity index (χ1n) is 7.91. The maximum Gasteiger partial charge on any atom is 0.244 e. The molecule has 0 unspecified atom stereocenters. The Kier molecular flexibility index (Phi) is 5.53. The second kappa shape index (κ2) is 8.01. The van der Waals surface area contributed by atoms with E-state index in [-0.39, 0.29) is 5.91 Å². The van der Waals surface area contributed by atoms with E-state index in [1.54, 1.807) is 17.4 Å². The Labute approximate surface area is 144 Å². The van der Waals surface area contributed by atoms with Crippen LogP contribution in [0.5, 0.6) is 0 Å². The van der Waals surface area contributed by atoms with Crippen LogP contribution >= 0.6 is 11.3 Å². The molecule has 1 aliphatic rings. The lowest BCUT2D eigenvalue weighted by atomic mass is 9.97. The van der Waals surface area contributed by atoms with Gasteiger partial charge < -0.3 is 10.2 Å². The monoisotopic (exact) mass is 346 g/mol. The van der Waals surface area contributed by atoms with Gasteiger partial charge in [-0.25, -0.2) is 14.4 Å². The van der Waals surface area contributed by atoms with Gasteiger partial charge >= 0.3 is 0 Å². The molecule has 1 aliphatic heterocycles. The number of piperidine rings is 1. The summed E-state index contributed by atoms with van der Waals surface area (Å²) in [5.41, 5.74) is 1.04. The standard InChI is InChI=1S/C17H19FN4OS/c18-15-10-20-17(21-11-15)22-6-3-13(4-7-22)9-19-16(23)2-1-14-5-8-24-12-14/h1-2,5,8,10-13H,3-4,6-7,9H2,(H,19,23)/b2-1+. The lowest BCUT2D eigenvalue weighted by molar-refractivity contribution is -0.116. The highest BCUT2D eigenvalue weighted by molar-refractivity contribution is 7.08. The van der Waals surface area contributed by atoms with Gasteiger partial charge in [0.25, 0.3) is 0 Å². The molecule has 1 amide bonds. The number of nitrogens with one attached hydrogen (secondary N) is 1. The van der Waals surface area contributed by atoms with Crippen molar-refractivity contribution in [1.29, 1.82) is 0 Å². The number of halogens is 1. The molecule has 5 nitrogen and oxygen atoms in total. The molecule has 1 N–H and O–H groups in total. The number of aromatic nitrogens is 2. The topological polar surface area (TPSA) is 58.1 Å². The number of carbonyl (C=O) groups is 1. The van der Waals surface area contributed by atoms with E-state index in [2.05, 4.69) is 15.3 Å². The minimum absolute atomic E-state index is 0.0644. The van der Waals surface area contributed by atoms with Crippen molar-refractivity contribution < 1.29 is 9.18 Å². The van der Waals surface area contributed by atoms with Crippen LogP contribution in [0.1, 0.15) is 18.4 Å². The number of amides is 1. The fourth-order valence-corrected chi connectivity index (χ4v) is 3.28. The first-order valence-corrected chi connectivity index (χ1v) is 8.85. The molecular weight excluding hydrogens is 327 g/mol. The molecule has 7 heteroatoms. The second-order valence-electron chi connectivity index (χ2n) is 5.77. The fraction of sp³-hybridized carbons (Fsp3) is 0.353. The SMILES string of the molecule is O=C(/C=C/c1ccsc1)NCC1CCN(c2ncc(F)cn2)CC1. The molecule has 0 bridgehead atoms. The van der Waals surface area contributed by atoms with Gasteiger partial charge in [-0.15, -0.1) is 0 Å². The van der Waals surface area contributed by atoms with Crippen LogP contribution in [0.25, 0.3) is 6.08 Å². The normalized spacial score (nSPS) is 15.8. The first-order chi connectivity index (χ1) is 11.7. The van der Waals surface area contributed by atoms with Crippen LogP contribution < -0.4 is 10.2 Å². The lowest BCUT2D eigenvalue weighted by Crippen LogP contribution is -2.39. The molecule has 0 spiro atoms. The van der Waals surface area contributed by atoms with Crippen molar-refractivity contribution >= 4 is 29.3 Å². The average molecular weight is 346 g/mol. The Morgan fingerprint density at radius 2 is 2.12 bits per heavy atom. The molecule has 1 fully saturated rings. The van der Waals surface area contributed by atoms with Crippen molar-refractivity contribution in [2.24, 2.45) is 5.92 Å². The largest absolute Gasteiger partial charge is 0.352 e. The summed E-state index contributed by atoms with van der Waals surface area (Å²) in [6, 6.07) is 1.97. The molecular formula is C17H19FN4OS. The quantitative estimate of drug-likeness (QED) is 0.846. The van der Waals surface area contributed by atoms with E-state index in [9.17, 15) is 9.18 Å². The highest BCUT2D eigenvalue weighted by Crippen LogP contribution is 2.19. The molecule has 0 aliphatic carbocycles. The molecule has 3 heterocycles. The first kappa shape index (κ1) is 16.6. The summed E-state index contributed by atoms with van der Waals surface area (Å²) in [7, 11) is 0. The summed E-state index contributed by atoms with van der Waals surface area (Å²) in [6.45, 7) is 2.30. The van der Waals surface area contributed by atoms with Crippen molar-refractivity contribution in [3.8, 4) is 0 Å². The van der Waals surface area contributed by atoms with Crippen LogP contribution in [0.3, 0.4) is 0 Å². The van der Waals surface area contributed by atoms with Gasteiger partial charge in [0.05, 0.1) is 12.4 Å². The molecule has 0 saturated carbocycles. The zero-order valence-electron chi connectivity index (χ0n) is 13.2. The Balaban J connectivity index is 1.40. The van der Waals surface area contributed by atoms with Crippen molar-refractivity contribution in [2.45, 2.75) is 12.8 Å². The van der Waals surface area contributed by atoms with Gasteiger partial charge in [0.2, 0.25) is 11.9 Å². The fourth-order valence-electron chi connectivity index (χ4n) is 2.65. The number of rotatable bonds is 5.